The molecule has 1 saturated heterocycles. The maximum atomic E-state index is 12.0. The molecule has 0 aliphatic carbocycles. The molecule has 3 rings (SSSR count). The predicted octanol–water partition coefficient (Wildman–Crippen LogP) is 3.88. The Balaban J connectivity index is 2.10. The summed E-state index contributed by atoms with van der Waals surface area (Å²) in [4.78, 5) is 12.0. The Bertz CT molecular complexity index is 801. The zero-order valence-corrected chi connectivity index (χ0v) is 14.6. The third-order valence-electron chi connectivity index (χ3n) is 4.32. The van der Waals surface area contributed by atoms with Crippen molar-refractivity contribution in [2.45, 2.75) is 27.7 Å². The standard InChI is InChI=1S/C20H24N2O2/c1-13(2)12-24-16-10-6-8-14-7-5-9-15(18(14)16)11-17-20(3,4)19(23)22-21-17/h5-11,13,21H,12H2,1-4H3,(H,22,23)/b17-11-. The van der Waals surface area contributed by atoms with Crippen LogP contribution in [-0.2, 0) is 4.79 Å². The Morgan fingerprint density at radius 3 is 2.46 bits per heavy atom. The first-order valence-electron chi connectivity index (χ1n) is 8.33. The van der Waals surface area contributed by atoms with Crippen molar-refractivity contribution in [2.24, 2.45) is 11.3 Å². The van der Waals surface area contributed by atoms with Crippen LogP contribution in [0.3, 0.4) is 0 Å². The lowest BCUT2D eigenvalue weighted by Crippen LogP contribution is -2.28. The van der Waals surface area contributed by atoms with Gasteiger partial charge in [0.25, 0.3) is 0 Å². The van der Waals surface area contributed by atoms with Gasteiger partial charge in [-0.3, -0.25) is 10.2 Å². The van der Waals surface area contributed by atoms with Crippen LogP contribution < -0.4 is 15.6 Å². The fourth-order valence-electron chi connectivity index (χ4n) is 2.76. The summed E-state index contributed by atoms with van der Waals surface area (Å²) in [5, 5.41) is 2.20. The number of ether oxygens (including phenoxy) is 1. The highest BCUT2D eigenvalue weighted by Crippen LogP contribution is 2.34. The number of carbonyl (C=O) groups excluding carboxylic acids is 1. The third-order valence-corrected chi connectivity index (χ3v) is 4.32. The van der Waals surface area contributed by atoms with Crippen LogP contribution >= 0.6 is 0 Å². The molecule has 0 radical (unpaired) electrons. The van der Waals surface area contributed by atoms with Gasteiger partial charge in [-0.2, -0.15) is 0 Å². The van der Waals surface area contributed by atoms with E-state index in [-0.39, 0.29) is 5.91 Å². The summed E-state index contributed by atoms with van der Waals surface area (Å²) in [6.45, 7) is 8.77. The highest BCUT2D eigenvalue weighted by molar-refractivity contribution is 5.97. The van der Waals surface area contributed by atoms with Crippen molar-refractivity contribution in [3.05, 3.63) is 47.7 Å². The second kappa shape index (κ2) is 6.19. The Labute approximate surface area is 142 Å². The number of hydrogen-bond acceptors (Lipinski definition) is 3. The number of hydrogen-bond donors (Lipinski definition) is 2. The second-order valence-electron chi connectivity index (χ2n) is 7.17. The molecule has 1 amide bonds. The van der Waals surface area contributed by atoms with E-state index in [9.17, 15) is 4.79 Å². The molecule has 0 bridgehead atoms. The van der Waals surface area contributed by atoms with Crippen LogP contribution in [0.5, 0.6) is 5.75 Å². The second-order valence-corrected chi connectivity index (χ2v) is 7.17. The van der Waals surface area contributed by atoms with E-state index >= 15 is 0 Å². The zero-order valence-electron chi connectivity index (χ0n) is 14.6. The number of rotatable bonds is 4. The average Bonchev–Trinajstić information content (AvgIpc) is 2.79. The van der Waals surface area contributed by atoms with E-state index in [2.05, 4.69) is 42.9 Å². The van der Waals surface area contributed by atoms with Gasteiger partial charge in [-0.1, -0.05) is 44.2 Å². The van der Waals surface area contributed by atoms with Crippen LogP contribution in [0, 0.1) is 11.3 Å². The highest BCUT2D eigenvalue weighted by Gasteiger charge is 2.37. The molecule has 2 aromatic rings. The summed E-state index contributed by atoms with van der Waals surface area (Å²) in [7, 11) is 0. The van der Waals surface area contributed by atoms with E-state index in [0.29, 0.717) is 12.5 Å². The first-order chi connectivity index (χ1) is 11.4. The van der Waals surface area contributed by atoms with Crippen molar-refractivity contribution in [1.29, 1.82) is 0 Å². The molecule has 126 valence electrons. The van der Waals surface area contributed by atoms with Gasteiger partial charge in [0, 0.05) is 11.1 Å². The maximum absolute atomic E-state index is 12.0. The van der Waals surface area contributed by atoms with Gasteiger partial charge in [-0.15, -0.1) is 0 Å². The van der Waals surface area contributed by atoms with Gasteiger partial charge in [0.15, 0.2) is 0 Å². The van der Waals surface area contributed by atoms with Crippen LogP contribution in [-0.4, -0.2) is 12.5 Å². The molecule has 2 aromatic carbocycles. The van der Waals surface area contributed by atoms with Gasteiger partial charge in [0.05, 0.1) is 12.0 Å². The molecule has 1 fully saturated rings. The molecular formula is C20H24N2O2. The molecule has 1 aliphatic rings. The molecule has 4 heteroatoms. The number of benzene rings is 2. The van der Waals surface area contributed by atoms with Gasteiger partial charge in [-0.05, 0) is 42.9 Å². The van der Waals surface area contributed by atoms with Crippen LogP contribution in [0.25, 0.3) is 16.8 Å². The van der Waals surface area contributed by atoms with Gasteiger partial charge in [-0.25, -0.2) is 0 Å². The summed E-state index contributed by atoms with van der Waals surface area (Å²) in [5.41, 5.74) is 7.02. The van der Waals surface area contributed by atoms with Crippen LogP contribution in [0.2, 0.25) is 0 Å². The highest BCUT2D eigenvalue weighted by atomic mass is 16.5. The Morgan fingerprint density at radius 2 is 1.83 bits per heavy atom. The van der Waals surface area contributed by atoms with Gasteiger partial charge >= 0.3 is 0 Å². The minimum atomic E-state index is -0.574. The molecule has 0 saturated carbocycles. The Morgan fingerprint density at radius 1 is 1.12 bits per heavy atom. The molecule has 1 aliphatic heterocycles. The molecule has 0 atom stereocenters. The number of hydrazine groups is 1. The SMILES string of the molecule is CC(C)COc1cccc2cccc(/C=C3\NNC(=O)C3(C)C)c12. The lowest BCUT2D eigenvalue weighted by molar-refractivity contribution is -0.125. The van der Waals surface area contributed by atoms with Crippen molar-refractivity contribution < 1.29 is 9.53 Å². The number of carbonyl (C=O) groups is 1. The normalized spacial score (nSPS) is 18.0. The lowest BCUT2D eigenvalue weighted by atomic mass is 9.88. The number of amides is 1. The largest absolute Gasteiger partial charge is 0.493 e. The third kappa shape index (κ3) is 2.96. The fraction of sp³-hybridized carbons (Fsp3) is 0.350. The molecule has 2 N–H and O–H groups in total. The summed E-state index contributed by atoms with van der Waals surface area (Å²) in [6.07, 6.45) is 2.03. The molecule has 0 aromatic heterocycles. The number of nitrogens with one attached hydrogen (secondary N) is 2. The summed E-state index contributed by atoms with van der Waals surface area (Å²) >= 11 is 0. The van der Waals surface area contributed by atoms with E-state index in [0.717, 1.165) is 27.8 Å². The predicted molar refractivity (Wildman–Crippen MR) is 97.3 cm³/mol. The van der Waals surface area contributed by atoms with Crippen molar-refractivity contribution >= 4 is 22.8 Å². The molecule has 24 heavy (non-hydrogen) atoms. The van der Waals surface area contributed by atoms with Crippen LogP contribution in [0.15, 0.2) is 42.1 Å². The van der Waals surface area contributed by atoms with Crippen molar-refractivity contribution in [3.8, 4) is 5.75 Å². The van der Waals surface area contributed by atoms with E-state index in [4.69, 9.17) is 4.74 Å². The summed E-state index contributed by atoms with van der Waals surface area (Å²) in [6, 6.07) is 12.3. The first kappa shape index (κ1) is 16.4. The quantitative estimate of drug-likeness (QED) is 0.897. The van der Waals surface area contributed by atoms with E-state index in [1.54, 1.807) is 0 Å². The minimum Gasteiger partial charge on any atom is -0.493 e. The van der Waals surface area contributed by atoms with Crippen LogP contribution in [0.4, 0.5) is 0 Å². The monoisotopic (exact) mass is 324 g/mol. The van der Waals surface area contributed by atoms with E-state index in [1.165, 1.54) is 0 Å². The smallest absolute Gasteiger partial charge is 0.249 e. The van der Waals surface area contributed by atoms with Gasteiger partial charge in [0.1, 0.15) is 5.75 Å². The van der Waals surface area contributed by atoms with Crippen molar-refractivity contribution in [2.75, 3.05) is 6.61 Å². The van der Waals surface area contributed by atoms with Gasteiger partial charge in [0.2, 0.25) is 5.91 Å². The first-order valence-corrected chi connectivity index (χ1v) is 8.33. The zero-order chi connectivity index (χ0) is 17.3. The van der Waals surface area contributed by atoms with Crippen molar-refractivity contribution in [1.82, 2.24) is 10.9 Å². The molecular weight excluding hydrogens is 300 g/mol. The molecule has 0 unspecified atom stereocenters. The average molecular weight is 324 g/mol. The van der Waals surface area contributed by atoms with Gasteiger partial charge < -0.3 is 10.2 Å². The molecule has 1 heterocycles. The fourth-order valence-corrected chi connectivity index (χ4v) is 2.76. The Hall–Kier alpha value is -2.49. The van der Waals surface area contributed by atoms with E-state index in [1.807, 2.05) is 38.1 Å². The summed E-state index contributed by atoms with van der Waals surface area (Å²) in [5.74, 6) is 1.32. The Kier molecular flexibility index (Phi) is 4.22. The lowest BCUT2D eigenvalue weighted by Gasteiger charge is -2.16. The maximum Gasteiger partial charge on any atom is 0.249 e. The topological polar surface area (TPSA) is 50.4 Å². The minimum absolute atomic E-state index is 0.0229. The van der Waals surface area contributed by atoms with Crippen LogP contribution in [0.1, 0.15) is 33.3 Å². The molecule has 4 nitrogen and oxygen atoms in total. The summed E-state index contributed by atoms with van der Waals surface area (Å²) < 4.78 is 6.03. The van der Waals surface area contributed by atoms with Crippen molar-refractivity contribution in [3.63, 3.8) is 0 Å². The number of fused-ring (bicyclic) bond motifs is 1. The molecule has 0 spiro atoms. The van der Waals surface area contributed by atoms with E-state index < -0.39 is 5.41 Å².